The SMILES string of the molecule is C1CN(C2(N3CCSCC3)COCCO2)CCO1. The molecule has 0 aliphatic carbocycles. The molecule has 0 N–H and O–H groups in total. The molecule has 104 valence electrons. The van der Waals surface area contributed by atoms with Gasteiger partial charge in [-0.15, -0.1) is 0 Å². The highest BCUT2D eigenvalue weighted by molar-refractivity contribution is 7.99. The van der Waals surface area contributed by atoms with Gasteiger partial charge in [0.1, 0.15) is 6.61 Å². The van der Waals surface area contributed by atoms with E-state index in [0.29, 0.717) is 19.8 Å². The molecule has 1 unspecified atom stereocenters. The zero-order valence-electron chi connectivity index (χ0n) is 10.8. The van der Waals surface area contributed by atoms with Crippen LogP contribution in [0.4, 0.5) is 0 Å². The molecule has 0 aromatic carbocycles. The Balaban J connectivity index is 1.77. The van der Waals surface area contributed by atoms with Crippen LogP contribution in [-0.4, -0.2) is 86.4 Å². The molecule has 0 spiro atoms. The van der Waals surface area contributed by atoms with Gasteiger partial charge in [-0.1, -0.05) is 0 Å². The fraction of sp³-hybridized carbons (Fsp3) is 1.00. The van der Waals surface area contributed by atoms with Crippen LogP contribution in [0, 0.1) is 0 Å². The first kappa shape index (κ1) is 13.1. The van der Waals surface area contributed by atoms with E-state index in [1.807, 2.05) is 11.8 Å². The maximum absolute atomic E-state index is 6.21. The van der Waals surface area contributed by atoms with Crippen molar-refractivity contribution in [3.63, 3.8) is 0 Å². The van der Waals surface area contributed by atoms with Crippen molar-refractivity contribution in [2.45, 2.75) is 5.85 Å². The summed E-state index contributed by atoms with van der Waals surface area (Å²) in [6.07, 6.45) is 0. The lowest BCUT2D eigenvalue weighted by atomic mass is 10.2. The van der Waals surface area contributed by atoms with Gasteiger partial charge < -0.3 is 14.2 Å². The van der Waals surface area contributed by atoms with Crippen molar-refractivity contribution >= 4 is 11.8 Å². The summed E-state index contributed by atoms with van der Waals surface area (Å²) in [5.41, 5.74) is 0. The van der Waals surface area contributed by atoms with Crippen molar-refractivity contribution in [1.82, 2.24) is 9.80 Å². The molecule has 3 fully saturated rings. The molecule has 0 radical (unpaired) electrons. The van der Waals surface area contributed by atoms with E-state index in [1.165, 1.54) is 11.5 Å². The van der Waals surface area contributed by atoms with Crippen LogP contribution in [0.3, 0.4) is 0 Å². The summed E-state index contributed by atoms with van der Waals surface area (Å²) >= 11 is 2.03. The van der Waals surface area contributed by atoms with Crippen LogP contribution in [0.5, 0.6) is 0 Å². The molecule has 0 amide bonds. The number of ether oxygens (including phenoxy) is 3. The molecule has 3 aliphatic rings. The Kier molecular flexibility index (Phi) is 4.43. The lowest BCUT2D eigenvalue weighted by Crippen LogP contribution is -2.69. The van der Waals surface area contributed by atoms with E-state index in [-0.39, 0.29) is 5.85 Å². The molecule has 18 heavy (non-hydrogen) atoms. The Morgan fingerprint density at radius 3 is 2.17 bits per heavy atom. The predicted octanol–water partition coefficient (Wildman–Crippen LogP) is 0.0680. The van der Waals surface area contributed by atoms with Crippen molar-refractivity contribution < 1.29 is 14.2 Å². The largest absolute Gasteiger partial charge is 0.379 e. The molecule has 3 rings (SSSR count). The van der Waals surface area contributed by atoms with Gasteiger partial charge in [-0.3, -0.25) is 9.80 Å². The molecule has 1 atom stereocenters. The zero-order valence-corrected chi connectivity index (χ0v) is 11.6. The second-order valence-corrected chi connectivity index (χ2v) is 6.07. The molecule has 0 aromatic rings. The summed E-state index contributed by atoms with van der Waals surface area (Å²) in [6, 6.07) is 0. The van der Waals surface area contributed by atoms with Crippen molar-refractivity contribution in [2.75, 3.05) is 70.7 Å². The molecule has 3 saturated heterocycles. The number of hydrogen-bond acceptors (Lipinski definition) is 6. The third kappa shape index (κ3) is 2.55. The minimum atomic E-state index is -0.330. The molecule has 3 heterocycles. The maximum atomic E-state index is 6.21. The number of nitrogens with zero attached hydrogens (tertiary/aromatic N) is 2. The molecule has 5 nitrogen and oxygen atoms in total. The van der Waals surface area contributed by atoms with Gasteiger partial charge in [0, 0.05) is 37.7 Å². The molecular formula is C12H22N2O3S. The van der Waals surface area contributed by atoms with Crippen LogP contribution >= 0.6 is 11.8 Å². The molecule has 6 heteroatoms. The summed E-state index contributed by atoms with van der Waals surface area (Å²) in [4.78, 5) is 4.87. The van der Waals surface area contributed by atoms with E-state index in [2.05, 4.69) is 9.80 Å². The van der Waals surface area contributed by atoms with E-state index in [1.54, 1.807) is 0 Å². The third-order valence-corrected chi connectivity index (χ3v) is 4.80. The van der Waals surface area contributed by atoms with Gasteiger partial charge in [0.25, 0.3) is 0 Å². The first-order valence-corrected chi connectivity index (χ1v) is 7.95. The molecule has 0 aromatic heterocycles. The number of thioether (sulfide) groups is 1. The van der Waals surface area contributed by atoms with Crippen LogP contribution in [0.1, 0.15) is 0 Å². The molecule has 3 aliphatic heterocycles. The van der Waals surface area contributed by atoms with Crippen LogP contribution < -0.4 is 0 Å². The highest BCUT2D eigenvalue weighted by Crippen LogP contribution is 2.29. The lowest BCUT2D eigenvalue weighted by Gasteiger charge is -2.53. The second kappa shape index (κ2) is 6.07. The van der Waals surface area contributed by atoms with Gasteiger partial charge in [0.15, 0.2) is 0 Å². The Morgan fingerprint density at radius 1 is 0.778 bits per heavy atom. The van der Waals surface area contributed by atoms with E-state index in [4.69, 9.17) is 14.2 Å². The smallest absolute Gasteiger partial charge is 0.204 e. The van der Waals surface area contributed by atoms with Crippen molar-refractivity contribution in [3.05, 3.63) is 0 Å². The average Bonchev–Trinajstić information content (AvgIpc) is 2.50. The van der Waals surface area contributed by atoms with Crippen LogP contribution in [-0.2, 0) is 14.2 Å². The van der Waals surface area contributed by atoms with Gasteiger partial charge in [-0.05, 0) is 0 Å². The number of morpholine rings is 1. The van der Waals surface area contributed by atoms with Crippen LogP contribution in [0.25, 0.3) is 0 Å². The maximum Gasteiger partial charge on any atom is 0.204 e. The number of hydrogen-bond donors (Lipinski definition) is 0. The third-order valence-electron chi connectivity index (χ3n) is 3.86. The van der Waals surface area contributed by atoms with E-state index < -0.39 is 0 Å². The van der Waals surface area contributed by atoms with Gasteiger partial charge in [0.2, 0.25) is 5.85 Å². The highest BCUT2D eigenvalue weighted by atomic mass is 32.2. The fourth-order valence-corrected chi connectivity index (χ4v) is 3.80. The van der Waals surface area contributed by atoms with Crippen LogP contribution in [0.2, 0.25) is 0 Å². The van der Waals surface area contributed by atoms with Crippen LogP contribution in [0.15, 0.2) is 0 Å². The Bertz CT molecular complexity index is 242. The van der Waals surface area contributed by atoms with Crippen molar-refractivity contribution in [1.29, 1.82) is 0 Å². The highest BCUT2D eigenvalue weighted by Gasteiger charge is 2.46. The number of rotatable bonds is 2. The van der Waals surface area contributed by atoms with Gasteiger partial charge >= 0.3 is 0 Å². The Morgan fingerprint density at radius 2 is 1.50 bits per heavy atom. The lowest BCUT2D eigenvalue weighted by molar-refractivity contribution is -0.309. The van der Waals surface area contributed by atoms with Gasteiger partial charge in [0.05, 0.1) is 26.4 Å². The quantitative estimate of drug-likeness (QED) is 0.709. The first-order chi connectivity index (χ1) is 8.92. The molecular weight excluding hydrogens is 252 g/mol. The van der Waals surface area contributed by atoms with Gasteiger partial charge in [-0.2, -0.15) is 11.8 Å². The van der Waals surface area contributed by atoms with E-state index >= 15 is 0 Å². The minimum Gasteiger partial charge on any atom is -0.379 e. The summed E-state index contributed by atoms with van der Waals surface area (Å²) < 4.78 is 17.4. The summed E-state index contributed by atoms with van der Waals surface area (Å²) in [6.45, 7) is 7.73. The molecule has 0 bridgehead atoms. The van der Waals surface area contributed by atoms with E-state index in [0.717, 1.165) is 39.4 Å². The Hall–Kier alpha value is 0.150. The van der Waals surface area contributed by atoms with E-state index in [9.17, 15) is 0 Å². The Labute approximate surface area is 113 Å². The van der Waals surface area contributed by atoms with Crippen molar-refractivity contribution in [3.8, 4) is 0 Å². The standard InChI is InChI=1S/C12H22N2O3S/c1-5-15-6-2-13(1)12(11-16-7-8-17-12)14-3-9-18-10-4-14/h1-11H2. The fourth-order valence-electron chi connectivity index (χ4n) is 2.90. The summed E-state index contributed by atoms with van der Waals surface area (Å²) in [5, 5.41) is 0. The monoisotopic (exact) mass is 274 g/mol. The summed E-state index contributed by atoms with van der Waals surface area (Å²) in [7, 11) is 0. The zero-order chi connectivity index (χ0) is 12.3. The predicted molar refractivity (Wildman–Crippen MR) is 70.8 cm³/mol. The normalized spacial score (nSPS) is 36.7. The topological polar surface area (TPSA) is 34.2 Å². The minimum absolute atomic E-state index is 0.330. The van der Waals surface area contributed by atoms with Crippen molar-refractivity contribution in [2.24, 2.45) is 0 Å². The average molecular weight is 274 g/mol. The summed E-state index contributed by atoms with van der Waals surface area (Å²) in [5.74, 6) is 2.05. The first-order valence-electron chi connectivity index (χ1n) is 6.79. The van der Waals surface area contributed by atoms with Gasteiger partial charge in [-0.25, -0.2) is 0 Å². The second-order valence-electron chi connectivity index (χ2n) is 4.84. The molecule has 0 saturated carbocycles.